The highest BCUT2D eigenvalue weighted by molar-refractivity contribution is 7.89. The molecule has 0 unspecified atom stereocenters. The third-order valence-electron chi connectivity index (χ3n) is 5.01. The fourth-order valence-electron chi connectivity index (χ4n) is 3.64. The average molecular weight is 356 g/mol. The van der Waals surface area contributed by atoms with E-state index in [4.69, 9.17) is 10.3 Å². The molecule has 24 heavy (non-hydrogen) atoms. The van der Waals surface area contributed by atoms with Crippen LogP contribution in [-0.2, 0) is 14.8 Å². The molecule has 1 aromatic heterocycles. The van der Waals surface area contributed by atoms with Crippen molar-refractivity contribution in [2.75, 3.05) is 26.2 Å². The molecule has 1 aromatic rings. The molecule has 0 atom stereocenters. The molecule has 0 bridgehead atoms. The van der Waals surface area contributed by atoms with Crippen molar-refractivity contribution in [3.8, 4) is 0 Å². The van der Waals surface area contributed by atoms with E-state index in [2.05, 4.69) is 5.16 Å². The van der Waals surface area contributed by atoms with E-state index in [0.29, 0.717) is 31.6 Å². The zero-order valence-electron chi connectivity index (χ0n) is 14.1. The highest BCUT2D eigenvalue weighted by Gasteiger charge is 2.42. The molecular formula is C15H24N4O4S. The van der Waals surface area contributed by atoms with Crippen LogP contribution in [0.25, 0.3) is 0 Å². The van der Waals surface area contributed by atoms with Crippen molar-refractivity contribution in [1.29, 1.82) is 0 Å². The Kier molecular flexibility index (Phi) is 4.43. The maximum atomic E-state index is 12.8. The summed E-state index contributed by atoms with van der Waals surface area (Å²) in [4.78, 5) is 14.5. The van der Waals surface area contributed by atoms with E-state index in [1.165, 1.54) is 4.31 Å². The molecule has 2 aliphatic rings. The Bertz CT molecular complexity index is 709. The standard InChI is InChI=1S/C15H24N4O4S/c1-11-13(12(2)23-17-11)24(21,22)19-9-7-18(8-10-19)14(20)15(16)5-3-4-6-15/h3-10,16H2,1-2H3. The van der Waals surface area contributed by atoms with E-state index in [0.717, 1.165) is 12.8 Å². The largest absolute Gasteiger partial charge is 0.360 e. The van der Waals surface area contributed by atoms with Gasteiger partial charge in [-0.1, -0.05) is 18.0 Å². The molecule has 2 fully saturated rings. The van der Waals surface area contributed by atoms with Crippen molar-refractivity contribution in [2.45, 2.75) is 50.0 Å². The molecule has 8 nitrogen and oxygen atoms in total. The molecule has 3 rings (SSSR count). The number of aromatic nitrogens is 1. The number of piperazine rings is 1. The number of nitrogens with two attached hydrogens (primary N) is 1. The lowest BCUT2D eigenvalue weighted by Crippen LogP contribution is -2.59. The fraction of sp³-hybridized carbons (Fsp3) is 0.733. The van der Waals surface area contributed by atoms with Crippen molar-refractivity contribution in [3.63, 3.8) is 0 Å². The van der Waals surface area contributed by atoms with Gasteiger partial charge in [-0.2, -0.15) is 4.31 Å². The van der Waals surface area contributed by atoms with Crippen molar-refractivity contribution in [2.24, 2.45) is 5.73 Å². The first-order valence-electron chi connectivity index (χ1n) is 8.27. The molecule has 134 valence electrons. The molecule has 1 aliphatic heterocycles. The lowest BCUT2D eigenvalue weighted by molar-refractivity contribution is -0.138. The van der Waals surface area contributed by atoms with Crippen LogP contribution in [0, 0.1) is 13.8 Å². The Balaban J connectivity index is 1.70. The minimum atomic E-state index is -3.66. The second kappa shape index (κ2) is 6.12. The maximum absolute atomic E-state index is 12.8. The predicted octanol–water partition coefficient (Wildman–Crippen LogP) is 0.396. The van der Waals surface area contributed by atoms with Gasteiger partial charge in [-0.05, 0) is 26.7 Å². The average Bonchev–Trinajstić information content (AvgIpc) is 3.14. The number of rotatable bonds is 3. The first-order chi connectivity index (χ1) is 11.3. The van der Waals surface area contributed by atoms with Crippen molar-refractivity contribution in [3.05, 3.63) is 11.5 Å². The summed E-state index contributed by atoms with van der Waals surface area (Å²) in [5.41, 5.74) is 5.82. The van der Waals surface area contributed by atoms with Crippen LogP contribution in [0.5, 0.6) is 0 Å². The number of carbonyl (C=O) groups excluding carboxylic acids is 1. The Morgan fingerprint density at radius 3 is 2.25 bits per heavy atom. The van der Waals surface area contributed by atoms with Gasteiger partial charge in [0, 0.05) is 26.2 Å². The summed E-state index contributed by atoms with van der Waals surface area (Å²) in [5, 5.41) is 3.72. The highest BCUT2D eigenvalue weighted by Crippen LogP contribution is 2.30. The zero-order valence-corrected chi connectivity index (χ0v) is 14.9. The normalized spacial score (nSPS) is 22.0. The van der Waals surface area contributed by atoms with Crippen molar-refractivity contribution in [1.82, 2.24) is 14.4 Å². The highest BCUT2D eigenvalue weighted by atomic mass is 32.2. The van der Waals surface area contributed by atoms with Crippen LogP contribution < -0.4 is 5.73 Å². The molecule has 1 aliphatic carbocycles. The minimum absolute atomic E-state index is 0.0469. The van der Waals surface area contributed by atoms with E-state index in [-0.39, 0.29) is 29.7 Å². The van der Waals surface area contributed by atoms with Gasteiger partial charge in [-0.3, -0.25) is 4.79 Å². The van der Waals surface area contributed by atoms with Gasteiger partial charge in [0.2, 0.25) is 15.9 Å². The number of carbonyl (C=O) groups is 1. The van der Waals surface area contributed by atoms with Gasteiger partial charge in [-0.25, -0.2) is 8.42 Å². The van der Waals surface area contributed by atoms with Crippen LogP contribution in [0.2, 0.25) is 0 Å². The lowest BCUT2D eigenvalue weighted by atomic mass is 9.97. The number of hydrogen-bond donors (Lipinski definition) is 1. The van der Waals surface area contributed by atoms with Crippen LogP contribution in [-0.4, -0.2) is 60.4 Å². The van der Waals surface area contributed by atoms with E-state index in [1.54, 1.807) is 18.7 Å². The van der Waals surface area contributed by atoms with Crippen LogP contribution in [0.3, 0.4) is 0 Å². The fourth-order valence-corrected chi connectivity index (χ4v) is 5.35. The first kappa shape index (κ1) is 17.4. The number of amides is 1. The van der Waals surface area contributed by atoms with Crippen LogP contribution in [0.15, 0.2) is 9.42 Å². The Labute approximate surface area is 142 Å². The van der Waals surface area contributed by atoms with E-state index < -0.39 is 15.6 Å². The third kappa shape index (κ3) is 2.84. The maximum Gasteiger partial charge on any atom is 0.248 e. The molecule has 9 heteroatoms. The van der Waals surface area contributed by atoms with Gasteiger partial charge in [0.05, 0.1) is 5.54 Å². The van der Waals surface area contributed by atoms with Gasteiger partial charge in [0.1, 0.15) is 10.6 Å². The number of nitrogens with zero attached hydrogens (tertiary/aromatic N) is 3. The summed E-state index contributed by atoms with van der Waals surface area (Å²) in [6.45, 7) is 4.44. The number of sulfonamides is 1. The summed E-state index contributed by atoms with van der Waals surface area (Å²) < 4.78 is 31.9. The van der Waals surface area contributed by atoms with Gasteiger partial charge < -0.3 is 15.2 Å². The van der Waals surface area contributed by atoms with E-state index >= 15 is 0 Å². The van der Waals surface area contributed by atoms with Crippen LogP contribution in [0.4, 0.5) is 0 Å². The number of hydrogen-bond acceptors (Lipinski definition) is 6. The summed E-state index contributed by atoms with van der Waals surface area (Å²) in [5.74, 6) is 0.243. The van der Waals surface area contributed by atoms with Crippen LogP contribution in [0.1, 0.15) is 37.1 Å². The molecule has 2 heterocycles. The quantitative estimate of drug-likeness (QED) is 0.839. The zero-order chi connectivity index (χ0) is 17.5. The molecule has 0 aromatic carbocycles. The SMILES string of the molecule is Cc1noc(C)c1S(=O)(=O)N1CCN(C(=O)C2(N)CCCC2)CC1. The topological polar surface area (TPSA) is 110 Å². The Morgan fingerprint density at radius 2 is 1.75 bits per heavy atom. The number of aryl methyl sites for hydroxylation is 2. The lowest BCUT2D eigenvalue weighted by Gasteiger charge is -2.37. The monoisotopic (exact) mass is 356 g/mol. The van der Waals surface area contributed by atoms with Gasteiger partial charge in [-0.15, -0.1) is 0 Å². The second-order valence-electron chi connectivity index (χ2n) is 6.71. The molecular weight excluding hydrogens is 332 g/mol. The van der Waals surface area contributed by atoms with E-state index in [1.807, 2.05) is 0 Å². The van der Waals surface area contributed by atoms with E-state index in [9.17, 15) is 13.2 Å². The Hall–Kier alpha value is -1.45. The van der Waals surface area contributed by atoms with Gasteiger partial charge in [0.25, 0.3) is 0 Å². The summed E-state index contributed by atoms with van der Waals surface area (Å²) >= 11 is 0. The summed E-state index contributed by atoms with van der Waals surface area (Å²) in [6.07, 6.45) is 3.37. The molecule has 1 amide bonds. The smallest absolute Gasteiger partial charge is 0.248 e. The van der Waals surface area contributed by atoms with Crippen molar-refractivity contribution >= 4 is 15.9 Å². The Morgan fingerprint density at radius 1 is 1.17 bits per heavy atom. The molecule has 1 saturated carbocycles. The predicted molar refractivity (Wildman–Crippen MR) is 86.7 cm³/mol. The molecule has 0 radical (unpaired) electrons. The summed E-state index contributed by atoms with van der Waals surface area (Å²) in [6, 6.07) is 0. The summed E-state index contributed by atoms with van der Waals surface area (Å²) in [7, 11) is -3.66. The van der Waals surface area contributed by atoms with Gasteiger partial charge in [0.15, 0.2) is 5.76 Å². The molecule has 1 saturated heterocycles. The third-order valence-corrected chi connectivity index (χ3v) is 7.16. The molecule has 2 N–H and O–H groups in total. The second-order valence-corrected chi connectivity index (χ2v) is 8.59. The first-order valence-corrected chi connectivity index (χ1v) is 9.71. The van der Waals surface area contributed by atoms with Gasteiger partial charge >= 0.3 is 0 Å². The minimum Gasteiger partial charge on any atom is -0.360 e. The van der Waals surface area contributed by atoms with Crippen molar-refractivity contribution < 1.29 is 17.7 Å². The molecule has 0 spiro atoms. The van der Waals surface area contributed by atoms with Crippen LogP contribution >= 0.6 is 0 Å².